The van der Waals surface area contributed by atoms with Gasteiger partial charge in [-0.15, -0.1) is 0 Å². The molecule has 1 fully saturated rings. The standard InChI is InChI=1S/C11H24N2O2S/c1-9-6-5-7-10(9)12-8-11(2,3)13-16(4,14)15/h9-10,12-13H,5-8H2,1-4H3. The number of hydrogen-bond acceptors (Lipinski definition) is 3. The van der Waals surface area contributed by atoms with Crippen LogP contribution in [0, 0.1) is 5.92 Å². The van der Waals surface area contributed by atoms with Crippen molar-refractivity contribution in [3.05, 3.63) is 0 Å². The van der Waals surface area contributed by atoms with Crippen LogP contribution in [0.3, 0.4) is 0 Å². The first-order valence-corrected chi connectivity index (χ1v) is 7.81. The lowest BCUT2D eigenvalue weighted by molar-refractivity contribution is 0.356. The van der Waals surface area contributed by atoms with Crippen molar-refractivity contribution in [2.24, 2.45) is 5.92 Å². The Morgan fingerprint density at radius 3 is 2.38 bits per heavy atom. The van der Waals surface area contributed by atoms with Crippen LogP contribution in [-0.4, -0.2) is 32.8 Å². The number of rotatable bonds is 5. The van der Waals surface area contributed by atoms with Gasteiger partial charge in [0.1, 0.15) is 0 Å². The van der Waals surface area contributed by atoms with E-state index in [1.807, 2.05) is 13.8 Å². The molecule has 2 N–H and O–H groups in total. The molecule has 0 saturated heterocycles. The van der Waals surface area contributed by atoms with Crippen LogP contribution in [0.2, 0.25) is 0 Å². The van der Waals surface area contributed by atoms with Gasteiger partial charge in [-0.25, -0.2) is 13.1 Å². The van der Waals surface area contributed by atoms with E-state index in [9.17, 15) is 8.42 Å². The largest absolute Gasteiger partial charge is 0.312 e. The molecule has 1 aliphatic rings. The predicted octanol–water partition coefficient (Wildman–Crippen LogP) is 1.09. The van der Waals surface area contributed by atoms with Crippen LogP contribution < -0.4 is 10.0 Å². The van der Waals surface area contributed by atoms with E-state index >= 15 is 0 Å². The van der Waals surface area contributed by atoms with Gasteiger partial charge in [0.2, 0.25) is 10.0 Å². The number of hydrogen-bond donors (Lipinski definition) is 2. The van der Waals surface area contributed by atoms with E-state index in [0.29, 0.717) is 18.5 Å². The van der Waals surface area contributed by atoms with Gasteiger partial charge in [0.05, 0.1) is 6.26 Å². The SMILES string of the molecule is CC1CCCC1NCC(C)(C)NS(C)(=O)=O. The highest BCUT2D eigenvalue weighted by atomic mass is 32.2. The topological polar surface area (TPSA) is 58.2 Å². The van der Waals surface area contributed by atoms with Gasteiger partial charge in [-0.05, 0) is 32.6 Å². The van der Waals surface area contributed by atoms with E-state index in [1.54, 1.807) is 0 Å². The van der Waals surface area contributed by atoms with Gasteiger partial charge in [-0.2, -0.15) is 0 Å². The molecule has 5 heteroatoms. The highest BCUT2D eigenvalue weighted by Crippen LogP contribution is 2.24. The highest BCUT2D eigenvalue weighted by Gasteiger charge is 2.27. The third-order valence-electron chi connectivity index (χ3n) is 3.13. The first-order chi connectivity index (χ1) is 7.20. The second-order valence-corrected chi connectivity index (χ2v) is 7.40. The van der Waals surface area contributed by atoms with Crippen molar-refractivity contribution in [3.63, 3.8) is 0 Å². The lowest BCUT2D eigenvalue weighted by Gasteiger charge is -2.28. The molecule has 16 heavy (non-hydrogen) atoms. The van der Waals surface area contributed by atoms with Crippen molar-refractivity contribution in [1.82, 2.24) is 10.0 Å². The van der Waals surface area contributed by atoms with E-state index in [-0.39, 0.29) is 0 Å². The van der Waals surface area contributed by atoms with Gasteiger partial charge >= 0.3 is 0 Å². The first-order valence-electron chi connectivity index (χ1n) is 5.92. The van der Waals surface area contributed by atoms with E-state index in [4.69, 9.17) is 0 Å². The van der Waals surface area contributed by atoms with Gasteiger partial charge in [0, 0.05) is 18.1 Å². The molecule has 4 nitrogen and oxygen atoms in total. The Kier molecular flexibility index (Phi) is 4.37. The molecule has 96 valence electrons. The van der Waals surface area contributed by atoms with E-state index in [1.165, 1.54) is 25.5 Å². The molecule has 0 aliphatic heterocycles. The summed E-state index contributed by atoms with van der Waals surface area (Å²) in [6.07, 6.45) is 4.96. The number of nitrogens with one attached hydrogen (secondary N) is 2. The van der Waals surface area contributed by atoms with Crippen LogP contribution in [-0.2, 0) is 10.0 Å². The summed E-state index contributed by atoms with van der Waals surface area (Å²) in [4.78, 5) is 0. The van der Waals surface area contributed by atoms with Crippen molar-refractivity contribution in [2.75, 3.05) is 12.8 Å². The number of sulfonamides is 1. The average molecular weight is 248 g/mol. The van der Waals surface area contributed by atoms with Crippen molar-refractivity contribution in [3.8, 4) is 0 Å². The van der Waals surface area contributed by atoms with Crippen molar-refractivity contribution >= 4 is 10.0 Å². The van der Waals surface area contributed by atoms with Crippen LogP contribution >= 0.6 is 0 Å². The van der Waals surface area contributed by atoms with Gasteiger partial charge in [0.15, 0.2) is 0 Å². The third kappa shape index (κ3) is 4.80. The fraction of sp³-hybridized carbons (Fsp3) is 1.00. The molecular formula is C11H24N2O2S. The first kappa shape index (κ1) is 13.9. The van der Waals surface area contributed by atoms with Crippen LogP contribution in [0.5, 0.6) is 0 Å². The fourth-order valence-corrected chi connectivity index (χ4v) is 3.45. The quantitative estimate of drug-likeness (QED) is 0.766. The maximum atomic E-state index is 11.2. The zero-order chi connectivity index (χ0) is 12.4. The van der Waals surface area contributed by atoms with Crippen LogP contribution in [0.25, 0.3) is 0 Å². The molecule has 1 saturated carbocycles. The molecule has 0 aromatic carbocycles. The summed E-state index contributed by atoms with van der Waals surface area (Å²) in [7, 11) is -3.13. The minimum absolute atomic E-state index is 0.421. The van der Waals surface area contributed by atoms with Crippen LogP contribution in [0.1, 0.15) is 40.0 Å². The third-order valence-corrected chi connectivity index (χ3v) is 4.05. The lowest BCUT2D eigenvalue weighted by Crippen LogP contribution is -2.52. The van der Waals surface area contributed by atoms with Crippen molar-refractivity contribution < 1.29 is 8.42 Å². The molecule has 1 rings (SSSR count). The van der Waals surface area contributed by atoms with Crippen molar-refractivity contribution in [2.45, 2.75) is 51.6 Å². The van der Waals surface area contributed by atoms with E-state index in [2.05, 4.69) is 17.0 Å². The second-order valence-electron chi connectivity index (χ2n) is 5.65. The summed E-state index contributed by atoms with van der Waals surface area (Å²) in [6, 6.07) is 0.542. The Balaban J connectivity index is 2.41. The zero-order valence-corrected chi connectivity index (χ0v) is 11.5. The highest BCUT2D eigenvalue weighted by molar-refractivity contribution is 7.88. The van der Waals surface area contributed by atoms with Gasteiger partial charge in [0.25, 0.3) is 0 Å². The minimum atomic E-state index is -3.13. The normalized spacial score (nSPS) is 27.2. The molecule has 0 bridgehead atoms. The molecular weight excluding hydrogens is 224 g/mol. The smallest absolute Gasteiger partial charge is 0.209 e. The average Bonchev–Trinajstić information content (AvgIpc) is 2.43. The molecule has 0 amide bonds. The van der Waals surface area contributed by atoms with Crippen LogP contribution in [0.4, 0.5) is 0 Å². The second kappa shape index (κ2) is 5.02. The maximum Gasteiger partial charge on any atom is 0.209 e. The minimum Gasteiger partial charge on any atom is -0.312 e. The Hall–Kier alpha value is -0.130. The van der Waals surface area contributed by atoms with Crippen molar-refractivity contribution in [1.29, 1.82) is 0 Å². The molecule has 0 aromatic heterocycles. The maximum absolute atomic E-state index is 11.2. The Labute approximate surface area is 99.2 Å². The fourth-order valence-electron chi connectivity index (χ4n) is 2.37. The summed E-state index contributed by atoms with van der Waals surface area (Å²) in [5.41, 5.74) is -0.421. The molecule has 0 heterocycles. The zero-order valence-electron chi connectivity index (χ0n) is 10.7. The summed E-state index contributed by atoms with van der Waals surface area (Å²) in [5, 5.41) is 3.47. The van der Waals surface area contributed by atoms with Gasteiger partial charge < -0.3 is 5.32 Å². The summed E-state index contributed by atoms with van der Waals surface area (Å²) in [6.45, 7) is 6.73. The monoisotopic (exact) mass is 248 g/mol. The Morgan fingerprint density at radius 2 is 1.94 bits per heavy atom. The van der Waals surface area contributed by atoms with Gasteiger partial charge in [-0.1, -0.05) is 13.3 Å². The molecule has 0 aromatic rings. The van der Waals surface area contributed by atoms with Crippen LogP contribution in [0.15, 0.2) is 0 Å². The molecule has 2 unspecified atom stereocenters. The molecule has 0 radical (unpaired) electrons. The molecule has 2 atom stereocenters. The summed E-state index contributed by atoms with van der Waals surface area (Å²) >= 11 is 0. The van der Waals surface area contributed by atoms with E-state index < -0.39 is 15.6 Å². The lowest BCUT2D eigenvalue weighted by atomic mass is 10.0. The Bertz CT molecular complexity index is 325. The summed E-state index contributed by atoms with van der Waals surface area (Å²) in [5.74, 6) is 0.703. The van der Waals surface area contributed by atoms with E-state index in [0.717, 1.165) is 0 Å². The molecule has 1 aliphatic carbocycles. The predicted molar refractivity (Wildman–Crippen MR) is 66.9 cm³/mol. The molecule has 0 spiro atoms. The van der Waals surface area contributed by atoms with Gasteiger partial charge in [-0.3, -0.25) is 0 Å². The summed E-state index contributed by atoms with van der Waals surface area (Å²) < 4.78 is 25.0. The Morgan fingerprint density at radius 1 is 1.31 bits per heavy atom.